The van der Waals surface area contributed by atoms with E-state index in [1.54, 1.807) is 17.0 Å². The summed E-state index contributed by atoms with van der Waals surface area (Å²) in [6.45, 7) is 2.28. The molecular formula is C21H21N5O6S. The van der Waals surface area contributed by atoms with Gasteiger partial charge in [-0.15, -0.1) is 0 Å². The van der Waals surface area contributed by atoms with Crippen molar-refractivity contribution in [1.82, 2.24) is 9.29 Å². The van der Waals surface area contributed by atoms with Crippen LogP contribution >= 0.6 is 0 Å². The first-order valence-electron chi connectivity index (χ1n) is 9.99. The highest BCUT2D eigenvalue weighted by Crippen LogP contribution is 2.31. The number of carbonyl (C=O) groups excluding carboxylic acids is 1. The van der Waals surface area contributed by atoms with E-state index in [1.165, 1.54) is 42.8 Å². The Kier molecular flexibility index (Phi) is 6.08. The van der Waals surface area contributed by atoms with E-state index in [4.69, 9.17) is 13.6 Å². The quantitative estimate of drug-likeness (QED) is 0.573. The van der Waals surface area contributed by atoms with E-state index < -0.39 is 10.0 Å². The molecule has 3 aromatic rings. The fourth-order valence-electron chi connectivity index (χ4n) is 3.52. The van der Waals surface area contributed by atoms with Crippen LogP contribution in [0.4, 0.5) is 11.6 Å². The highest BCUT2D eigenvalue weighted by molar-refractivity contribution is 7.89. The third-order valence-corrected chi connectivity index (χ3v) is 6.99. The summed E-state index contributed by atoms with van der Waals surface area (Å²) < 4.78 is 44.0. The van der Waals surface area contributed by atoms with Gasteiger partial charge in [-0.3, -0.25) is 4.79 Å². The lowest BCUT2D eigenvalue weighted by Crippen LogP contribution is -2.48. The van der Waals surface area contributed by atoms with Crippen LogP contribution in [-0.2, 0) is 14.8 Å². The zero-order valence-electron chi connectivity index (χ0n) is 17.9. The Morgan fingerprint density at radius 2 is 2.00 bits per heavy atom. The summed E-state index contributed by atoms with van der Waals surface area (Å²) in [5.74, 6) is 0.874. The van der Waals surface area contributed by atoms with Crippen LogP contribution in [-0.4, -0.2) is 56.9 Å². The molecule has 0 atom stereocenters. The molecule has 0 saturated carbocycles. The van der Waals surface area contributed by atoms with E-state index >= 15 is 0 Å². The van der Waals surface area contributed by atoms with Gasteiger partial charge in [-0.25, -0.2) is 8.42 Å². The lowest BCUT2D eigenvalue weighted by molar-refractivity contribution is -0.114. The molecule has 1 saturated heterocycles. The molecule has 1 fully saturated rings. The van der Waals surface area contributed by atoms with Crippen molar-refractivity contribution in [3.63, 3.8) is 0 Å². The molecule has 1 aliphatic heterocycles. The predicted molar refractivity (Wildman–Crippen MR) is 117 cm³/mol. The zero-order valence-corrected chi connectivity index (χ0v) is 18.8. The van der Waals surface area contributed by atoms with Crippen molar-refractivity contribution in [2.75, 3.05) is 43.5 Å². The Labute approximate surface area is 190 Å². The van der Waals surface area contributed by atoms with Gasteiger partial charge in [0.15, 0.2) is 5.76 Å². The van der Waals surface area contributed by atoms with Gasteiger partial charge in [-0.05, 0) is 30.3 Å². The number of ether oxygens (including phenoxy) is 1. The molecule has 0 radical (unpaired) electrons. The van der Waals surface area contributed by atoms with Crippen molar-refractivity contribution < 1.29 is 26.8 Å². The number of nitrogens with one attached hydrogen (secondary N) is 1. The van der Waals surface area contributed by atoms with Crippen LogP contribution in [0.25, 0.3) is 11.7 Å². The Morgan fingerprint density at radius 3 is 2.61 bits per heavy atom. The number of methoxy groups -OCH3 is 1. The third kappa shape index (κ3) is 4.41. The highest BCUT2D eigenvalue weighted by atomic mass is 32.2. The van der Waals surface area contributed by atoms with E-state index in [0.29, 0.717) is 24.6 Å². The molecule has 0 spiro atoms. The summed E-state index contributed by atoms with van der Waals surface area (Å²) in [7, 11) is -2.39. The third-order valence-electron chi connectivity index (χ3n) is 5.09. The molecule has 1 aromatic carbocycles. The van der Waals surface area contributed by atoms with Crippen molar-refractivity contribution in [3.05, 3.63) is 42.3 Å². The van der Waals surface area contributed by atoms with Crippen molar-refractivity contribution in [2.45, 2.75) is 11.8 Å². The Bertz CT molecular complexity index is 1300. The number of amides is 1. The number of anilines is 2. The molecule has 1 N–H and O–H groups in total. The number of nitrogens with zero attached hydrogens (tertiary/aromatic N) is 4. The number of benzene rings is 1. The molecule has 0 aliphatic carbocycles. The van der Waals surface area contributed by atoms with Gasteiger partial charge in [0.2, 0.25) is 27.5 Å². The highest BCUT2D eigenvalue weighted by Gasteiger charge is 2.32. The molecule has 3 heterocycles. The minimum atomic E-state index is -3.82. The number of carbonyl (C=O) groups is 1. The van der Waals surface area contributed by atoms with Crippen LogP contribution < -0.4 is 15.0 Å². The molecule has 172 valence electrons. The Balaban J connectivity index is 1.52. The molecule has 0 unspecified atom stereocenters. The maximum absolute atomic E-state index is 13.2. The number of furan rings is 1. The maximum atomic E-state index is 13.2. The first-order chi connectivity index (χ1) is 15.8. The average Bonchev–Trinajstić information content (AvgIpc) is 3.48. The van der Waals surface area contributed by atoms with Crippen LogP contribution in [0.15, 0.2) is 50.3 Å². The Hall–Kier alpha value is -3.82. The number of nitriles is 1. The minimum Gasteiger partial charge on any atom is -0.495 e. The summed E-state index contributed by atoms with van der Waals surface area (Å²) in [6.07, 6.45) is 1.48. The van der Waals surface area contributed by atoms with Gasteiger partial charge in [0.25, 0.3) is 5.89 Å². The second-order valence-corrected chi connectivity index (χ2v) is 9.13. The second-order valence-electron chi connectivity index (χ2n) is 7.20. The summed E-state index contributed by atoms with van der Waals surface area (Å²) in [6, 6.07) is 9.68. The molecule has 2 aromatic heterocycles. The molecule has 1 aliphatic rings. The molecule has 0 bridgehead atoms. The van der Waals surface area contributed by atoms with Gasteiger partial charge < -0.3 is 23.8 Å². The fraction of sp³-hybridized carbons (Fsp3) is 0.286. The predicted octanol–water partition coefficient (Wildman–Crippen LogP) is 2.28. The van der Waals surface area contributed by atoms with Crippen molar-refractivity contribution >= 4 is 27.5 Å². The van der Waals surface area contributed by atoms with E-state index in [9.17, 15) is 18.5 Å². The number of aromatic nitrogens is 1. The fourth-order valence-corrected chi connectivity index (χ4v) is 4.97. The molecule has 4 rings (SSSR count). The van der Waals surface area contributed by atoms with Gasteiger partial charge >= 0.3 is 0 Å². The van der Waals surface area contributed by atoms with E-state index in [2.05, 4.69) is 10.3 Å². The van der Waals surface area contributed by atoms with Crippen LogP contribution in [0.5, 0.6) is 5.75 Å². The Morgan fingerprint density at radius 1 is 1.24 bits per heavy atom. The molecule has 1 amide bonds. The van der Waals surface area contributed by atoms with Gasteiger partial charge in [0.1, 0.15) is 11.8 Å². The van der Waals surface area contributed by atoms with Gasteiger partial charge in [0.05, 0.1) is 24.0 Å². The normalized spacial score (nSPS) is 14.6. The van der Waals surface area contributed by atoms with Crippen molar-refractivity contribution in [1.29, 1.82) is 5.26 Å². The summed E-state index contributed by atoms with van der Waals surface area (Å²) in [5.41, 5.74) is 0.378. The van der Waals surface area contributed by atoms with Gasteiger partial charge in [0, 0.05) is 33.1 Å². The van der Waals surface area contributed by atoms with Crippen LogP contribution in [0, 0.1) is 11.3 Å². The lowest BCUT2D eigenvalue weighted by Gasteiger charge is -2.33. The first-order valence-corrected chi connectivity index (χ1v) is 11.4. The van der Waals surface area contributed by atoms with Crippen molar-refractivity contribution in [3.8, 4) is 23.5 Å². The van der Waals surface area contributed by atoms with Crippen LogP contribution in [0.3, 0.4) is 0 Å². The van der Waals surface area contributed by atoms with Crippen LogP contribution in [0.1, 0.15) is 12.6 Å². The zero-order chi connectivity index (χ0) is 23.6. The average molecular weight is 471 g/mol. The second kappa shape index (κ2) is 8.97. The summed E-state index contributed by atoms with van der Waals surface area (Å²) in [4.78, 5) is 17.5. The van der Waals surface area contributed by atoms with E-state index in [-0.39, 0.29) is 47.0 Å². The minimum absolute atomic E-state index is 0.0398. The van der Waals surface area contributed by atoms with E-state index in [1.807, 2.05) is 6.07 Å². The monoisotopic (exact) mass is 471 g/mol. The van der Waals surface area contributed by atoms with Crippen molar-refractivity contribution in [2.24, 2.45) is 0 Å². The van der Waals surface area contributed by atoms with Gasteiger partial charge in [-0.1, -0.05) is 0 Å². The number of rotatable bonds is 6. The summed E-state index contributed by atoms with van der Waals surface area (Å²) >= 11 is 0. The van der Waals surface area contributed by atoms with Crippen LogP contribution in [0.2, 0.25) is 0 Å². The topological polar surface area (TPSA) is 142 Å². The standard InChI is InChI=1S/C21H21N5O6S/c1-14(27)23-16-12-15(5-6-18(16)30-2)33(28,29)26-9-7-25(8-10-26)21-17(13-22)24-20(32-21)19-4-3-11-31-19/h3-6,11-12H,7-10H2,1-2H3,(H,23,27). The molecule has 12 heteroatoms. The number of hydrogen-bond donors (Lipinski definition) is 1. The largest absolute Gasteiger partial charge is 0.495 e. The number of piperazine rings is 1. The first kappa shape index (κ1) is 22.4. The number of hydrogen-bond acceptors (Lipinski definition) is 9. The number of oxazole rings is 1. The molecule has 33 heavy (non-hydrogen) atoms. The maximum Gasteiger partial charge on any atom is 0.266 e. The van der Waals surface area contributed by atoms with E-state index in [0.717, 1.165) is 0 Å². The summed E-state index contributed by atoms with van der Waals surface area (Å²) in [5, 5.41) is 12.0. The number of sulfonamides is 1. The molecular weight excluding hydrogens is 450 g/mol. The SMILES string of the molecule is COc1ccc(S(=O)(=O)N2CCN(c3oc(-c4ccco4)nc3C#N)CC2)cc1NC(C)=O. The smallest absolute Gasteiger partial charge is 0.266 e. The lowest BCUT2D eigenvalue weighted by atomic mass is 10.3. The van der Waals surface area contributed by atoms with Gasteiger partial charge in [-0.2, -0.15) is 14.6 Å². The molecule has 11 nitrogen and oxygen atoms in total.